The number of carbonyl (C=O) groups is 1. The van der Waals surface area contributed by atoms with E-state index in [2.05, 4.69) is 0 Å². The largest absolute Gasteiger partial charge is 0.497 e. The Labute approximate surface area is 228 Å². The maximum absolute atomic E-state index is 13.9. The minimum absolute atomic E-state index is 0.102. The highest BCUT2D eigenvalue weighted by atomic mass is 16.5. The molecule has 0 N–H and O–H groups in total. The fourth-order valence-electron chi connectivity index (χ4n) is 5.36. The molecule has 3 heterocycles. The van der Waals surface area contributed by atoms with Gasteiger partial charge in [0.1, 0.15) is 40.2 Å². The summed E-state index contributed by atoms with van der Waals surface area (Å²) in [5.41, 5.74) is 2.07. The Morgan fingerprint density at radius 1 is 0.875 bits per heavy atom. The molecule has 6 rings (SSSR count). The number of nitrogens with zero attached hydrogens (tertiary/aromatic N) is 1. The van der Waals surface area contributed by atoms with Crippen LogP contribution >= 0.6 is 0 Å². The smallest absolute Gasteiger partial charge is 0.312 e. The average molecular weight is 540 g/mol. The third-order valence-electron chi connectivity index (χ3n) is 7.41. The van der Waals surface area contributed by atoms with Crippen LogP contribution in [0.25, 0.3) is 33.0 Å². The Hall–Kier alpha value is -5.05. The van der Waals surface area contributed by atoms with Crippen LogP contribution in [0.15, 0.2) is 74.9 Å². The molecule has 0 saturated carbocycles. The number of aryl methyl sites for hydroxylation is 1. The van der Waals surface area contributed by atoms with Gasteiger partial charge in [-0.25, -0.2) is 0 Å². The highest BCUT2D eigenvalue weighted by Crippen LogP contribution is 2.45. The number of esters is 1. The predicted molar refractivity (Wildman–Crippen MR) is 149 cm³/mol. The van der Waals surface area contributed by atoms with Crippen molar-refractivity contribution in [3.8, 4) is 34.1 Å². The lowest BCUT2D eigenvalue weighted by molar-refractivity contribution is -0.135. The van der Waals surface area contributed by atoms with Gasteiger partial charge in [-0.1, -0.05) is 12.1 Å². The zero-order valence-corrected chi connectivity index (χ0v) is 22.3. The molecule has 202 valence electrons. The number of fused-ring (bicyclic) bond motifs is 4. The first kappa shape index (κ1) is 25.2. The number of ether oxygens (including phenoxy) is 4. The summed E-state index contributed by atoms with van der Waals surface area (Å²) in [4.78, 5) is 40.3. The first-order chi connectivity index (χ1) is 19.3. The minimum Gasteiger partial charge on any atom is -0.497 e. The van der Waals surface area contributed by atoms with E-state index in [4.69, 9.17) is 23.4 Å². The third kappa shape index (κ3) is 3.89. The summed E-state index contributed by atoms with van der Waals surface area (Å²) in [6.45, 7) is 0. The number of benzene rings is 3. The van der Waals surface area contributed by atoms with Crippen LogP contribution < -0.4 is 29.9 Å². The molecule has 9 heteroatoms. The minimum atomic E-state index is -0.718. The number of rotatable bonds is 5. The standard InChI is InChI=1S/C31H25NO8/c1-32-23-12-19(37-3)10-7-17(23)11-21(31(32)35)20-13-26(33)40-25-14-24(38-4)28-29(34)22(15-39-30(28)27(20)25)16-5-8-18(36-2)9-6-16/h5-12,14-15,20H,13H2,1-4H3. The molecule has 0 radical (unpaired) electrons. The van der Waals surface area contributed by atoms with Crippen LogP contribution in [0.5, 0.6) is 23.0 Å². The summed E-state index contributed by atoms with van der Waals surface area (Å²) >= 11 is 0. The molecular weight excluding hydrogens is 514 g/mol. The van der Waals surface area contributed by atoms with Crippen molar-refractivity contribution in [2.45, 2.75) is 12.3 Å². The Kier molecular flexibility index (Phi) is 6.06. The molecule has 0 saturated heterocycles. The van der Waals surface area contributed by atoms with Gasteiger partial charge in [0.05, 0.1) is 38.8 Å². The van der Waals surface area contributed by atoms with E-state index in [1.165, 1.54) is 24.0 Å². The van der Waals surface area contributed by atoms with Crippen LogP contribution in [0.4, 0.5) is 0 Å². The van der Waals surface area contributed by atoms with Gasteiger partial charge in [0.2, 0.25) is 5.43 Å². The van der Waals surface area contributed by atoms with Crippen LogP contribution in [-0.4, -0.2) is 31.9 Å². The normalized spacial score (nSPS) is 14.6. The van der Waals surface area contributed by atoms with Crippen LogP contribution in [0.2, 0.25) is 0 Å². The van der Waals surface area contributed by atoms with Crippen LogP contribution in [0, 0.1) is 0 Å². The molecule has 1 aliphatic rings. The van der Waals surface area contributed by atoms with Gasteiger partial charge in [-0.3, -0.25) is 14.4 Å². The number of carbonyl (C=O) groups excluding carboxylic acids is 1. The van der Waals surface area contributed by atoms with Crippen molar-refractivity contribution in [3.05, 3.63) is 92.6 Å². The third-order valence-corrected chi connectivity index (χ3v) is 7.41. The monoisotopic (exact) mass is 539 g/mol. The van der Waals surface area contributed by atoms with E-state index in [0.29, 0.717) is 39.3 Å². The van der Waals surface area contributed by atoms with Crippen molar-refractivity contribution >= 4 is 27.8 Å². The number of aromatic nitrogens is 1. The highest BCUT2D eigenvalue weighted by Gasteiger charge is 2.35. The van der Waals surface area contributed by atoms with E-state index in [9.17, 15) is 14.4 Å². The number of hydrogen-bond donors (Lipinski definition) is 0. The van der Waals surface area contributed by atoms with Gasteiger partial charge in [0, 0.05) is 36.2 Å². The van der Waals surface area contributed by atoms with Gasteiger partial charge in [0.25, 0.3) is 5.56 Å². The molecule has 40 heavy (non-hydrogen) atoms. The average Bonchev–Trinajstić information content (AvgIpc) is 2.98. The summed E-state index contributed by atoms with van der Waals surface area (Å²) in [7, 11) is 6.22. The molecule has 3 aromatic carbocycles. The van der Waals surface area contributed by atoms with Gasteiger partial charge in [-0.05, 0) is 41.3 Å². The van der Waals surface area contributed by atoms with Crippen molar-refractivity contribution in [1.29, 1.82) is 0 Å². The summed E-state index contributed by atoms with van der Waals surface area (Å²) in [5.74, 6) is 0.431. The maximum Gasteiger partial charge on any atom is 0.312 e. The number of hydrogen-bond acceptors (Lipinski definition) is 8. The molecule has 0 fully saturated rings. The summed E-state index contributed by atoms with van der Waals surface area (Å²) in [6.07, 6.45) is 1.28. The van der Waals surface area contributed by atoms with Crippen molar-refractivity contribution in [2.24, 2.45) is 7.05 Å². The lowest BCUT2D eigenvalue weighted by atomic mass is 9.85. The van der Waals surface area contributed by atoms with Gasteiger partial charge < -0.3 is 27.9 Å². The second-order valence-corrected chi connectivity index (χ2v) is 9.52. The lowest BCUT2D eigenvalue weighted by Crippen LogP contribution is -2.29. The first-order valence-corrected chi connectivity index (χ1v) is 12.5. The summed E-state index contributed by atoms with van der Waals surface area (Å²) in [5, 5.41) is 0.985. The van der Waals surface area contributed by atoms with Gasteiger partial charge in [-0.2, -0.15) is 0 Å². The number of pyridine rings is 1. The Morgan fingerprint density at radius 3 is 2.30 bits per heavy atom. The maximum atomic E-state index is 13.9. The molecular formula is C31H25NO8. The fraction of sp³-hybridized carbons (Fsp3) is 0.194. The molecule has 0 amide bonds. The molecule has 5 aromatic rings. The predicted octanol–water partition coefficient (Wildman–Crippen LogP) is 4.78. The molecule has 2 aromatic heterocycles. The molecule has 0 spiro atoms. The second-order valence-electron chi connectivity index (χ2n) is 9.52. The molecule has 0 bridgehead atoms. The van der Waals surface area contributed by atoms with Crippen molar-refractivity contribution in [2.75, 3.05) is 21.3 Å². The first-order valence-electron chi connectivity index (χ1n) is 12.5. The van der Waals surface area contributed by atoms with E-state index in [0.717, 1.165) is 5.39 Å². The summed E-state index contributed by atoms with van der Waals surface area (Å²) < 4.78 is 29.3. The van der Waals surface area contributed by atoms with Gasteiger partial charge in [-0.15, -0.1) is 0 Å². The Bertz CT molecular complexity index is 1940. The van der Waals surface area contributed by atoms with Gasteiger partial charge >= 0.3 is 5.97 Å². The zero-order chi connectivity index (χ0) is 28.1. The van der Waals surface area contributed by atoms with E-state index in [1.807, 2.05) is 6.07 Å². The fourth-order valence-corrected chi connectivity index (χ4v) is 5.36. The second kappa shape index (κ2) is 9.60. The van der Waals surface area contributed by atoms with Crippen molar-refractivity contribution < 1.29 is 28.2 Å². The molecule has 1 aliphatic heterocycles. The SMILES string of the molecule is COc1ccc(-c2coc3c4c(cc(OC)c3c2=O)OC(=O)CC4c2cc3ccc(OC)cc3n(C)c2=O)cc1. The van der Waals surface area contributed by atoms with Crippen molar-refractivity contribution in [1.82, 2.24) is 4.57 Å². The Morgan fingerprint density at radius 2 is 1.60 bits per heavy atom. The molecule has 9 nitrogen and oxygen atoms in total. The van der Waals surface area contributed by atoms with Crippen molar-refractivity contribution in [3.63, 3.8) is 0 Å². The molecule has 1 atom stereocenters. The summed E-state index contributed by atoms with van der Waals surface area (Å²) in [6, 6.07) is 15.8. The van der Waals surface area contributed by atoms with E-state index in [1.54, 1.807) is 63.7 Å². The van der Waals surface area contributed by atoms with E-state index in [-0.39, 0.29) is 39.9 Å². The van der Waals surface area contributed by atoms with Crippen LogP contribution in [0.3, 0.4) is 0 Å². The van der Waals surface area contributed by atoms with Gasteiger partial charge in [0.15, 0.2) is 0 Å². The quantitative estimate of drug-likeness (QED) is 0.232. The number of methoxy groups -OCH3 is 3. The highest BCUT2D eigenvalue weighted by molar-refractivity contribution is 5.94. The topological polar surface area (TPSA) is 106 Å². The molecule has 1 unspecified atom stereocenters. The zero-order valence-electron chi connectivity index (χ0n) is 22.3. The van der Waals surface area contributed by atoms with E-state index >= 15 is 0 Å². The lowest BCUT2D eigenvalue weighted by Gasteiger charge is -2.26. The van der Waals surface area contributed by atoms with Crippen LogP contribution in [0.1, 0.15) is 23.5 Å². The molecule has 0 aliphatic carbocycles. The Balaban J connectivity index is 1.61. The van der Waals surface area contributed by atoms with Crippen LogP contribution in [-0.2, 0) is 11.8 Å². The van der Waals surface area contributed by atoms with E-state index < -0.39 is 11.9 Å².